The highest BCUT2D eigenvalue weighted by Crippen LogP contribution is 2.23. The summed E-state index contributed by atoms with van der Waals surface area (Å²) in [4.78, 5) is 12.5. The van der Waals surface area contributed by atoms with Gasteiger partial charge in [0.2, 0.25) is 5.91 Å². The van der Waals surface area contributed by atoms with Gasteiger partial charge in [0.1, 0.15) is 24.4 Å². The predicted octanol–water partition coefficient (Wildman–Crippen LogP) is 7.22. The first-order chi connectivity index (χ1) is 23.3. The van der Waals surface area contributed by atoms with Gasteiger partial charge in [0.25, 0.3) is 0 Å². The van der Waals surface area contributed by atoms with Crippen molar-refractivity contribution in [1.29, 1.82) is 0 Å². The predicted molar refractivity (Wildman–Crippen MR) is 194 cm³/mol. The van der Waals surface area contributed by atoms with E-state index in [1.54, 1.807) is 0 Å². The monoisotopic (exact) mass is 688 g/mol. The van der Waals surface area contributed by atoms with E-state index in [2.05, 4.69) is 19.2 Å². The van der Waals surface area contributed by atoms with Gasteiger partial charge in [-0.15, -0.1) is 0 Å². The Bertz CT molecular complexity index is 726. The smallest absolute Gasteiger partial charge is 0.220 e. The number of amides is 1. The summed E-state index contributed by atoms with van der Waals surface area (Å²) >= 11 is 0. The third-order valence-electron chi connectivity index (χ3n) is 9.96. The molecule has 1 amide bonds. The molecular formula is C39H77NO8. The van der Waals surface area contributed by atoms with Crippen LogP contribution in [0.5, 0.6) is 0 Å². The maximum Gasteiger partial charge on any atom is 0.220 e. The van der Waals surface area contributed by atoms with Gasteiger partial charge in [0.15, 0.2) is 6.29 Å². The molecule has 1 fully saturated rings. The molecule has 1 rings (SSSR count). The lowest BCUT2D eigenvalue weighted by atomic mass is 9.99. The van der Waals surface area contributed by atoms with Gasteiger partial charge in [-0.1, -0.05) is 168 Å². The zero-order valence-electron chi connectivity index (χ0n) is 31.0. The lowest BCUT2D eigenvalue weighted by Gasteiger charge is -2.40. The van der Waals surface area contributed by atoms with E-state index in [1.807, 2.05) is 0 Å². The first-order valence-corrected chi connectivity index (χ1v) is 20.2. The van der Waals surface area contributed by atoms with Crippen LogP contribution in [0.1, 0.15) is 187 Å². The van der Waals surface area contributed by atoms with Crippen LogP contribution in [0.3, 0.4) is 0 Å². The molecule has 7 atom stereocenters. The second-order valence-corrected chi connectivity index (χ2v) is 14.4. The van der Waals surface area contributed by atoms with E-state index in [-0.39, 0.29) is 12.5 Å². The molecule has 1 aliphatic heterocycles. The second kappa shape index (κ2) is 31.0. The third kappa shape index (κ3) is 22.1. The van der Waals surface area contributed by atoms with Crippen molar-refractivity contribution >= 4 is 5.91 Å². The zero-order chi connectivity index (χ0) is 35.2. The fourth-order valence-electron chi connectivity index (χ4n) is 6.63. The molecule has 0 saturated carbocycles. The number of rotatable bonds is 33. The highest BCUT2D eigenvalue weighted by Gasteiger charge is 2.44. The molecule has 0 aromatic heterocycles. The molecule has 0 radical (unpaired) electrons. The van der Waals surface area contributed by atoms with Gasteiger partial charge in [-0.05, 0) is 12.8 Å². The number of ether oxygens (including phenoxy) is 2. The molecule has 6 N–H and O–H groups in total. The average Bonchev–Trinajstić information content (AvgIpc) is 3.08. The van der Waals surface area contributed by atoms with Crippen LogP contribution in [0.2, 0.25) is 0 Å². The van der Waals surface area contributed by atoms with E-state index in [9.17, 15) is 30.3 Å². The Kier molecular flexibility index (Phi) is 29.2. The van der Waals surface area contributed by atoms with Gasteiger partial charge in [-0.2, -0.15) is 0 Å². The van der Waals surface area contributed by atoms with E-state index < -0.39 is 49.5 Å². The van der Waals surface area contributed by atoms with Crippen molar-refractivity contribution in [2.45, 2.75) is 230 Å². The molecule has 9 heteroatoms. The zero-order valence-corrected chi connectivity index (χ0v) is 31.0. The van der Waals surface area contributed by atoms with Crippen molar-refractivity contribution < 1.29 is 39.8 Å². The van der Waals surface area contributed by atoms with Crippen LogP contribution >= 0.6 is 0 Å². The maximum atomic E-state index is 12.5. The van der Waals surface area contributed by atoms with E-state index in [0.29, 0.717) is 12.8 Å². The molecule has 286 valence electrons. The van der Waals surface area contributed by atoms with Crippen LogP contribution in [0.15, 0.2) is 0 Å². The summed E-state index contributed by atoms with van der Waals surface area (Å²) in [6.07, 6.45) is 24.9. The Morgan fingerprint density at radius 2 is 1.04 bits per heavy atom. The summed E-state index contributed by atoms with van der Waals surface area (Å²) in [7, 11) is 0. The number of aliphatic hydroxyl groups is 5. The van der Waals surface area contributed by atoms with Crippen LogP contribution in [0.25, 0.3) is 0 Å². The molecule has 0 aliphatic carbocycles. The second-order valence-electron chi connectivity index (χ2n) is 14.4. The minimum atomic E-state index is -1.54. The van der Waals surface area contributed by atoms with E-state index >= 15 is 0 Å². The van der Waals surface area contributed by atoms with Crippen LogP contribution in [0, 0.1) is 0 Å². The lowest BCUT2D eigenvalue weighted by molar-refractivity contribution is -0.302. The standard InChI is InChI=1S/C39H77NO8/c1-3-5-7-8-9-10-11-12-13-14-15-16-17-18-19-20-21-22-23-24-25-27-28-33(42)32(40-35(43)29-26-6-4-2)31-47-39-38(46)37(45)36(44)34(30-41)48-39/h32-34,36-39,41-42,44-46H,3-31H2,1-2H3,(H,40,43). The SMILES string of the molecule is CCCCCCCCCCCCCCCCCCCCCCCCC(O)C(COC1OC(CO)C(O)C(O)C1O)NC(=O)CCCCC. The van der Waals surface area contributed by atoms with Gasteiger partial charge in [-0.25, -0.2) is 0 Å². The van der Waals surface area contributed by atoms with Crippen molar-refractivity contribution in [3.63, 3.8) is 0 Å². The maximum absolute atomic E-state index is 12.5. The topological polar surface area (TPSA) is 149 Å². The van der Waals surface area contributed by atoms with Gasteiger partial charge in [-0.3, -0.25) is 4.79 Å². The van der Waals surface area contributed by atoms with Crippen LogP contribution < -0.4 is 5.32 Å². The highest BCUT2D eigenvalue weighted by molar-refractivity contribution is 5.76. The lowest BCUT2D eigenvalue weighted by Crippen LogP contribution is -2.60. The van der Waals surface area contributed by atoms with Gasteiger partial charge < -0.3 is 40.3 Å². The summed E-state index contributed by atoms with van der Waals surface area (Å²) in [6, 6.07) is -0.707. The Morgan fingerprint density at radius 3 is 1.48 bits per heavy atom. The number of hydrogen-bond donors (Lipinski definition) is 6. The minimum Gasteiger partial charge on any atom is -0.394 e. The van der Waals surface area contributed by atoms with E-state index in [0.717, 1.165) is 38.5 Å². The Balaban J connectivity index is 2.14. The third-order valence-corrected chi connectivity index (χ3v) is 9.96. The summed E-state index contributed by atoms with van der Waals surface area (Å²) in [5, 5.41) is 53.6. The number of carbonyl (C=O) groups excluding carboxylic acids is 1. The Labute approximate surface area is 294 Å². The average molecular weight is 688 g/mol. The number of unbranched alkanes of at least 4 members (excludes halogenated alkanes) is 23. The molecule has 1 heterocycles. The van der Waals surface area contributed by atoms with E-state index in [1.165, 1.54) is 122 Å². The molecule has 48 heavy (non-hydrogen) atoms. The summed E-state index contributed by atoms with van der Waals surface area (Å²) in [5.74, 6) is -0.168. The molecule has 7 unspecified atom stereocenters. The van der Waals surface area contributed by atoms with Crippen LogP contribution in [-0.4, -0.2) is 87.5 Å². The Morgan fingerprint density at radius 1 is 0.625 bits per heavy atom. The Hall–Kier alpha value is -0.810. The van der Waals surface area contributed by atoms with Crippen LogP contribution in [-0.2, 0) is 14.3 Å². The number of aliphatic hydroxyl groups excluding tert-OH is 5. The fraction of sp³-hybridized carbons (Fsp3) is 0.974. The summed E-state index contributed by atoms with van der Waals surface area (Å²) < 4.78 is 11.1. The molecule has 1 saturated heterocycles. The molecule has 0 bridgehead atoms. The largest absolute Gasteiger partial charge is 0.394 e. The normalized spacial score (nSPS) is 22.5. The number of hydrogen-bond acceptors (Lipinski definition) is 8. The van der Waals surface area contributed by atoms with Gasteiger partial charge >= 0.3 is 0 Å². The molecule has 9 nitrogen and oxygen atoms in total. The number of nitrogens with one attached hydrogen (secondary N) is 1. The van der Waals surface area contributed by atoms with Crippen molar-refractivity contribution in [2.75, 3.05) is 13.2 Å². The summed E-state index contributed by atoms with van der Waals surface area (Å²) in [5.41, 5.74) is 0. The quantitative estimate of drug-likeness (QED) is 0.0396. The molecule has 0 spiro atoms. The number of carbonyl (C=O) groups is 1. The molecular weight excluding hydrogens is 610 g/mol. The summed E-state index contributed by atoms with van der Waals surface area (Å²) in [6.45, 7) is 3.66. The minimum absolute atomic E-state index is 0.136. The van der Waals surface area contributed by atoms with Gasteiger partial charge in [0, 0.05) is 6.42 Å². The van der Waals surface area contributed by atoms with Crippen molar-refractivity contribution in [1.82, 2.24) is 5.32 Å². The molecule has 0 aromatic carbocycles. The first kappa shape index (κ1) is 45.2. The first-order valence-electron chi connectivity index (χ1n) is 20.2. The van der Waals surface area contributed by atoms with Crippen molar-refractivity contribution in [2.24, 2.45) is 0 Å². The fourth-order valence-corrected chi connectivity index (χ4v) is 6.63. The van der Waals surface area contributed by atoms with Gasteiger partial charge in [0.05, 0.1) is 25.4 Å². The highest BCUT2D eigenvalue weighted by atomic mass is 16.7. The van der Waals surface area contributed by atoms with Crippen molar-refractivity contribution in [3.8, 4) is 0 Å². The molecule has 1 aliphatic rings. The van der Waals surface area contributed by atoms with Crippen molar-refractivity contribution in [3.05, 3.63) is 0 Å². The van der Waals surface area contributed by atoms with E-state index in [4.69, 9.17) is 9.47 Å². The molecule has 0 aromatic rings. The van der Waals surface area contributed by atoms with Crippen LogP contribution in [0.4, 0.5) is 0 Å².